The highest BCUT2D eigenvalue weighted by molar-refractivity contribution is 7.09. The second-order valence-electron chi connectivity index (χ2n) is 3.08. The van der Waals surface area contributed by atoms with Gasteiger partial charge in [-0.15, -0.1) is 11.3 Å². The molecule has 1 unspecified atom stereocenters. The van der Waals surface area contributed by atoms with E-state index in [0.29, 0.717) is 13.0 Å². The minimum atomic E-state index is -0.150. The van der Waals surface area contributed by atoms with Crippen LogP contribution in [0, 0.1) is 0 Å². The largest absolute Gasteiger partial charge is 0.396 e. The number of hydrogen-bond donors (Lipinski definition) is 2. The Labute approximate surface area is 76.3 Å². The van der Waals surface area contributed by atoms with Crippen molar-refractivity contribution in [2.45, 2.75) is 18.8 Å². The summed E-state index contributed by atoms with van der Waals surface area (Å²) in [4.78, 5) is 4.21. The van der Waals surface area contributed by atoms with Crippen molar-refractivity contribution in [3.05, 3.63) is 16.6 Å². The van der Waals surface area contributed by atoms with Gasteiger partial charge in [0, 0.05) is 30.1 Å². The van der Waals surface area contributed by atoms with Gasteiger partial charge in [-0.25, -0.2) is 4.98 Å². The average molecular weight is 186 g/mol. The number of aliphatic hydroxyl groups excluding tert-OH is 1. The van der Waals surface area contributed by atoms with Crippen LogP contribution in [-0.2, 0) is 5.41 Å². The third-order valence-corrected chi connectivity index (χ3v) is 3.14. The Hall–Kier alpha value is -0.450. The lowest BCUT2D eigenvalue weighted by Gasteiger charge is -2.24. The fourth-order valence-corrected chi connectivity index (χ4v) is 1.91. The summed E-state index contributed by atoms with van der Waals surface area (Å²) in [6, 6.07) is 0. The van der Waals surface area contributed by atoms with E-state index in [9.17, 15) is 0 Å². The van der Waals surface area contributed by atoms with Crippen molar-refractivity contribution < 1.29 is 5.11 Å². The first-order valence-corrected chi connectivity index (χ1v) is 4.82. The van der Waals surface area contributed by atoms with Gasteiger partial charge in [0.15, 0.2) is 0 Å². The van der Waals surface area contributed by atoms with E-state index in [4.69, 9.17) is 10.8 Å². The number of aliphatic hydroxyl groups is 1. The summed E-state index contributed by atoms with van der Waals surface area (Å²) in [7, 11) is 0. The maximum absolute atomic E-state index is 8.85. The Balaban J connectivity index is 2.80. The smallest absolute Gasteiger partial charge is 0.0997 e. The van der Waals surface area contributed by atoms with Gasteiger partial charge in [0.25, 0.3) is 0 Å². The molecule has 12 heavy (non-hydrogen) atoms. The van der Waals surface area contributed by atoms with Crippen LogP contribution in [0.3, 0.4) is 0 Å². The zero-order valence-electron chi connectivity index (χ0n) is 7.16. The maximum Gasteiger partial charge on any atom is 0.0997 e. The monoisotopic (exact) mass is 186 g/mol. The molecule has 68 valence electrons. The summed E-state index contributed by atoms with van der Waals surface area (Å²) in [6.45, 7) is 2.72. The summed E-state index contributed by atoms with van der Waals surface area (Å²) in [5, 5.41) is 11.8. The Morgan fingerprint density at radius 1 is 1.75 bits per heavy atom. The Morgan fingerprint density at radius 2 is 2.50 bits per heavy atom. The van der Waals surface area contributed by atoms with Crippen molar-refractivity contribution in [2.24, 2.45) is 5.73 Å². The molecule has 0 saturated heterocycles. The molecule has 0 spiro atoms. The number of nitrogens with zero attached hydrogens (tertiary/aromatic N) is 1. The maximum atomic E-state index is 8.85. The number of hydrogen-bond acceptors (Lipinski definition) is 4. The van der Waals surface area contributed by atoms with Crippen LogP contribution >= 0.6 is 11.3 Å². The fourth-order valence-electron chi connectivity index (χ4n) is 1.06. The molecule has 4 heteroatoms. The molecular formula is C8H14N2OS. The molecule has 1 aromatic rings. The van der Waals surface area contributed by atoms with Crippen molar-refractivity contribution in [1.82, 2.24) is 4.98 Å². The molecule has 1 aromatic heterocycles. The molecule has 0 aromatic carbocycles. The van der Waals surface area contributed by atoms with Gasteiger partial charge >= 0.3 is 0 Å². The van der Waals surface area contributed by atoms with Gasteiger partial charge < -0.3 is 10.8 Å². The first-order valence-electron chi connectivity index (χ1n) is 3.94. The average Bonchev–Trinajstić information content (AvgIpc) is 2.57. The van der Waals surface area contributed by atoms with Crippen LogP contribution in [0.25, 0.3) is 0 Å². The Bertz CT molecular complexity index is 225. The van der Waals surface area contributed by atoms with E-state index in [1.165, 1.54) is 0 Å². The predicted octanol–water partition coefficient (Wildman–Crippen LogP) is 0.742. The molecule has 0 bridgehead atoms. The first-order chi connectivity index (χ1) is 5.73. The number of thiazole rings is 1. The number of nitrogens with two attached hydrogens (primary N) is 1. The summed E-state index contributed by atoms with van der Waals surface area (Å²) in [5.41, 5.74) is 5.49. The molecule has 1 rings (SSSR count). The molecule has 0 aliphatic rings. The lowest BCUT2D eigenvalue weighted by Crippen LogP contribution is -2.32. The Morgan fingerprint density at radius 3 is 2.92 bits per heavy atom. The zero-order chi connectivity index (χ0) is 9.03. The van der Waals surface area contributed by atoms with E-state index in [0.717, 1.165) is 5.01 Å². The van der Waals surface area contributed by atoms with E-state index >= 15 is 0 Å². The minimum Gasteiger partial charge on any atom is -0.396 e. The van der Waals surface area contributed by atoms with Crippen molar-refractivity contribution in [3.8, 4) is 0 Å². The van der Waals surface area contributed by atoms with E-state index in [1.807, 2.05) is 12.3 Å². The van der Waals surface area contributed by atoms with Gasteiger partial charge in [0.1, 0.15) is 0 Å². The van der Waals surface area contributed by atoms with Crippen LogP contribution in [0.15, 0.2) is 11.6 Å². The second-order valence-corrected chi connectivity index (χ2v) is 3.97. The van der Waals surface area contributed by atoms with E-state index in [1.54, 1.807) is 17.5 Å². The van der Waals surface area contributed by atoms with E-state index < -0.39 is 0 Å². The normalized spacial score (nSPS) is 15.9. The Kier molecular flexibility index (Phi) is 3.20. The number of rotatable bonds is 4. The molecule has 0 aliphatic heterocycles. The lowest BCUT2D eigenvalue weighted by atomic mass is 9.88. The van der Waals surface area contributed by atoms with Crippen LogP contribution in [0.1, 0.15) is 18.4 Å². The van der Waals surface area contributed by atoms with Crippen LogP contribution in [0.2, 0.25) is 0 Å². The summed E-state index contributed by atoms with van der Waals surface area (Å²) < 4.78 is 0. The van der Waals surface area contributed by atoms with E-state index in [-0.39, 0.29) is 12.0 Å². The second kappa shape index (κ2) is 3.98. The highest BCUT2D eigenvalue weighted by Gasteiger charge is 2.26. The van der Waals surface area contributed by atoms with Crippen molar-refractivity contribution >= 4 is 11.3 Å². The molecule has 0 saturated carbocycles. The van der Waals surface area contributed by atoms with Crippen LogP contribution in [-0.4, -0.2) is 23.2 Å². The molecule has 3 nitrogen and oxygen atoms in total. The van der Waals surface area contributed by atoms with Gasteiger partial charge in [-0.2, -0.15) is 0 Å². The molecule has 0 radical (unpaired) electrons. The topological polar surface area (TPSA) is 59.1 Å². The fraction of sp³-hybridized carbons (Fsp3) is 0.625. The van der Waals surface area contributed by atoms with Crippen LogP contribution < -0.4 is 5.73 Å². The molecule has 0 fully saturated rings. The summed E-state index contributed by atoms with van der Waals surface area (Å²) in [6.07, 6.45) is 2.45. The van der Waals surface area contributed by atoms with Crippen molar-refractivity contribution in [2.75, 3.05) is 13.2 Å². The van der Waals surface area contributed by atoms with Crippen LogP contribution in [0.4, 0.5) is 0 Å². The molecule has 1 heterocycles. The third-order valence-electron chi connectivity index (χ3n) is 2.06. The highest BCUT2D eigenvalue weighted by atomic mass is 32.1. The third kappa shape index (κ3) is 1.83. The predicted molar refractivity (Wildman–Crippen MR) is 50.2 cm³/mol. The van der Waals surface area contributed by atoms with Crippen molar-refractivity contribution in [3.63, 3.8) is 0 Å². The molecule has 1 atom stereocenters. The summed E-state index contributed by atoms with van der Waals surface area (Å²) >= 11 is 1.59. The lowest BCUT2D eigenvalue weighted by molar-refractivity contribution is 0.247. The van der Waals surface area contributed by atoms with Gasteiger partial charge in [-0.05, 0) is 6.42 Å². The molecule has 0 amide bonds. The van der Waals surface area contributed by atoms with Crippen LogP contribution in [0.5, 0.6) is 0 Å². The first kappa shape index (κ1) is 9.64. The minimum absolute atomic E-state index is 0.150. The number of aromatic nitrogens is 1. The van der Waals surface area contributed by atoms with Gasteiger partial charge in [0.2, 0.25) is 0 Å². The molecule has 0 aliphatic carbocycles. The van der Waals surface area contributed by atoms with Gasteiger partial charge in [-0.3, -0.25) is 0 Å². The molecule has 3 N–H and O–H groups in total. The molecular weight excluding hydrogens is 172 g/mol. The van der Waals surface area contributed by atoms with Crippen molar-refractivity contribution in [1.29, 1.82) is 0 Å². The van der Waals surface area contributed by atoms with E-state index in [2.05, 4.69) is 4.98 Å². The summed E-state index contributed by atoms with van der Waals surface area (Å²) in [5.74, 6) is 0. The van der Waals surface area contributed by atoms with Gasteiger partial charge in [-0.1, -0.05) is 6.92 Å². The SMILES string of the molecule is CC(CN)(CCO)c1nccs1. The zero-order valence-corrected chi connectivity index (χ0v) is 7.97. The highest BCUT2D eigenvalue weighted by Crippen LogP contribution is 2.27. The standard InChI is InChI=1S/C8H14N2OS/c1-8(6-9,2-4-11)7-10-3-5-12-7/h3,5,11H,2,4,6,9H2,1H3. The van der Waals surface area contributed by atoms with Gasteiger partial charge in [0.05, 0.1) is 5.01 Å². The quantitative estimate of drug-likeness (QED) is 0.729.